The molecule has 0 spiro atoms. The lowest BCUT2D eigenvalue weighted by molar-refractivity contribution is -0.384. The Morgan fingerprint density at radius 3 is 2.75 bits per heavy atom. The average molecular weight is 624 g/mol. The van der Waals surface area contributed by atoms with E-state index in [4.69, 9.17) is 13.9 Å². The fourth-order valence-corrected chi connectivity index (χ4v) is 6.03. The van der Waals surface area contributed by atoms with Crippen molar-refractivity contribution >= 4 is 45.0 Å². The molecule has 12 heteroatoms. The smallest absolute Gasteiger partial charge is 0.338 e. The van der Waals surface area contributed by atoms with Gasteiger partial charge in [0.05, 0.1) is 45.0 Å². The van der Waals surface area contributed by atoms with Crippen LogP contribution in [-0.4, -0.2) is 29.2 Å². The van der Waals surface area contributed by atoms with Crippen LogP contribution in [0.5, 0.6) is 5.75 Å². The van der Waals surface area contributed by atoms with Crippen LogP contribution in [0, 0.1) is 10.1 Å². The van der Waals surface area contributed by atoms with Crippen LogP contribution in [0.4, 0.5) is 5.69 Å². The number of fused-ring (bicyclic) bond motifs is 1. The number of nitro benzene ring substituents is 1. The standard InChI is InChI=1S/C28H22BrN3O7S/c1-4-38-27(34)24-15(2)30-28-31(25(24)17-8-10-22(37-3)20(29)13-17)26(33)23(40-28)14-19-9-11-21(39-19)16-6-5-7-18(12-16)32(35)36/h5-14,25H,4H2,1-3H3/b23-14+/t25-/m0/s1. The molecule has 10 nitrogen and oxygen atoms in total. The summed E-state index contributed by atoms with van der Waals surface area (Å²) in [6.45, 7) is 3.60. The molecule has 2 aromatic heterocycles. The molecule has 204 valence electrons. The van der Waals surface area contributed by atoms with E-state index in [0.29, 0.717) is 47.9 Å². The van der Waals surface area contributed by atoms with Crippen LogP contribution < -0.4 is 19.6 Å². The first-order chi connectivity index (χ1) is 19.2. The number of methoxy groups -OCH3 is 1. The van der Waals surface area contributed by atoms with Crippen molar-refractivity contribution in [2.24, 2.45) is 4.99 Å². The molecule has 3 heterocycles. The Kier molecular flexibility index (Phi) is 7.55. The minimum atomic E-state index is -0.781. The van der Waals surface area contributed by atoms with Gasteiger partial charge in [-0.15, -0.1) is 0 Å². The maximum atomic E-state index is 13.8. The lowest BCUT2D eigenvalue weighted by Crippen LogP contribution is -2.39. The molecule has 0 bridgehead atoms. The van der Waals surface area contributed by atoms with E-state index in [2.05, 4.69) is 20.9 Å². The van der Waals surface area contributed by atoms with Crippen molar-refractivity contribution in [2.45, 2.75) is 19.9 Å². The minimum absolute atomic E-state index is 0.0540. The summed E-state index contributed by atoms with van der Waals surface area (Å²) in [5, 5.41) is 11.2. The van der Waals surface area contributed by atoms with Crippen LogP contribution in [0.1, 0.15) is 31.2 Å². The average Bonchev–Trinajstić information content (AvgIpc) is 3.52. The highest BCUT2D eigenvalue weighted by Gasteiger charge is 2.33. The van der Waals surface area contributed by atoms with Gasteiger partial charge >= 0.3 is 5.97 Å². The Morgan fingerprint density at radius 2 is 2.05 bits per heavy atom. The number of thiazole rings is 1. The quantitative estimate of drug-likeness (QED) is 0.165. The summed E-state index contributed by atoms with van der Waals surface area (Å²) in [6.07, 6.45) is 1.59. The predicted molar refractivity (Wildman–Crippen MR) is 152 cm³/mol. The molecule has 5 rings (SSSR count). The number of carbonyl (C=O) groups excluding carboxylic acids is 1. The summed E-state index contributed by atoms with van der Waals surface area (Å²) in [7, 11) is 1.55. The first-order valence-corrected chi connectivity index (χ1v) is 13.7. The number of rotatable bonds is 7. The van der Waals surface area contributed by atoms with E-state index in [1.807, 2.05) is 0 Å². The van der Waals surface area contributed by atoms with E-state index >= 15 is 0 Å². The molecule has 0 aliphatic carbocycles. The zero-order chi connectivity index (χ0) is 28.6. The van der Waals surface area contributed by atoms with Crippen LogP contribution >= 0.6 is 27.3 Å². The maximum Gasteiger partial charge on any atom is 0.338 e. The van der Waals surface area contributed by atoms with Crippen molar-refractivity contribution in [3.63, 3.8) is 0 Å². The predicted octanol–water partition coefficient (Wildman–Crippen LogP) is 4.74. The minimum Gasteiger partial charge on any atom is -0.496 e. The second-order valence-electron chi connectivity index (χ2n) is 8.71. The first kappa shape index (κ1) is 27.3. The third-order valence-electron chi connectivity index (χ3n) is 6.25. The van der Waals surface area contributed by atoms with Crippen molar-refractivity contribution < 1.29 is 23.6 Å². The second-order valence-corrected chi connectivity index (χ2v) is 10.6. The number of benzene rings is 2. The lowest BCUT2D eigenvalue weighted by atomic mass is 9.96. The molecule has 0 amide bonds. The van der Waals surface area contributed by atoms with Crippen LogP contribution in [0.2, 0.25) is 0 Å². The zero-order valence-electron chi connectivity index (χ0n) is 21.5. The van der Waals surface area contributed by atoms with Crippen molar-refractivity contribution in [1.29, 1.82) is 0 Å². The number of esters is 1. The highest BCUT2D eigenvalue weighted by Crippen LogP contribution is 2.35. The van der Waals surface area contributed by atoms with Gasteiger partial charge in [-0.25, -0.2) is 9.79 Å². The summed E-state index contributed by atoms with van der Waals surface area (Å²) in [6, 6.07) is 14.0. The molecule has 0 saturated carbocycles. The number of allylic oxidation sites excluding steroid dienone is 1. The Hall–Kier alpha value is -4.29. The maximum absolute atomic E-state index is 13.8. The van der Waals surface area contributed by atoms with Crippen LogP contribution in [0.3, 0.4) is 0 Å². The van der Waals surface area contributed by atoms with Crippen molar-refractivity contribution in [1.82, 2.24) is 4.57 Å². The highest BCUT2D eigenvalue weighted by atomic mass is 79.9. The number of non-ortho nitro benzene ring substituents is 1. The molecule has 4 aromatic rings. The third-order valence-corrected chi connectivity index (χ3v) is 7.85. The summed E-state index contributed by atoms with van der Waals surface area (Å²) in [4.78, 5) is 42.5. The van der Waals surface area contributed by atoms with Gasteiger partial charge in [0.2, 0.25) is 0 Å². The molecule has 1 atom stereocenters. The number of halogens is 1. The van der Waals surface area contributed by atoms with Gasteiger partial charge in [-0.1, -0.05) is 29.5 Å². The molecule has 0 fully saturated rings. The molecule has 0 saturated heterocycles. The number of hydrogen-bond donors (Lipinski definition) is 0. The highest BCUT2D eigenvalue weighted by molar-refractivity contribution is 9.10. The number of hydrogen-bond acceptors (Lipinski definition) is 9. The summed E-state index contributed by atoms with van der Waals surface area (Å²) < 4.78 is 19.1. The van der Waals surface area contributed by atoms with Gasteiger partial charge in [0.1, 0.15) is 17.3 Å². The van der Waals surface area contributed by atoms with E-state index < -0.39 is 16.9 Å². The van der Waals surface area contributed by atoms with Gasteiger partial charge in [-0.3, -0.25) is 19.5 Å². The Balaban J connectivity index is 1.63. The monoisotopic (exact) mass is 623 g/mol. The number of nitro groups is 1. The van der Waals surface area contributed by atoms with Crippen molar-refractivity contribution in [3.05, 3.63) is 111 Å². The summed E-state index contributed by atoms with van der Waals surface area (Å²) >= 11 is 4.66. The van der Waals surface area contributed by atoms with Gasteiger partial charge in [-0.05, 0) is 59.6 Å². The number of nitrogens with zero attached hydrogens (tertiary/aromatic N) is 3. The lowest BCUT2D eigenvalue weighted by Gasteiger charge is -2.25. The zero-order valence-corrected chi connectivity index (χ0v) is 23.9. The van der Waals surface area contributed by atoms with Gasteiger partial charge in [0, 0.05) is 23.8 Å². The van der Waals surface area contributed by atoms with Gasteiger partial charge in [0.15, 0.2) is 4.80 Å². The number of ether oxygens (including phenoxy) is 2. The Morgan fingerprint density at radius 1 is 1.25 bits per heavy atom. The third kappa shape index (κ3) is 5.03. The van der Waals surface area contributed by atoms with Gasteiger partial charge in [0.25, 0.3) is 11.2 Å². The van der Waals surface area contributed by atoms with E-state index in [-0.39, 0.29) is 23.4 Å². The van der Waals surface area contributed by atoms with Crippen LogP contribution in [-0.2, 0) is 9.53 Å². The van der Waals surface area contributed by atoms with Crippen molar-refractivity contribution in [3.8, 4) is 17.1 Å². The number of furan rings is 1. The number of aromatic nitrogens is 1. The normalized spacial score (nSPS) is 15.0. The summed E-state index contributed by atoms with van der Waals surface area (Å²) in [5.74, 6) is 0.857. The Bertz CT molecular complexity index is 1870. The van der Waals surface area contributed by atoms with E-state index in [1.165, 1.54) is 28.0 Å². The van der Waals surface area contributed by atoms with Crippen molar-refractivity contribution in [2.75, 3.05) is 13.7 Å². The number of carbonyl (C=O) groups is 1. The van der Waals surface area contributed by atoms with E-state index in [9.17, 15) is 19.7 Å². The molecular weight excluding hydrogens is 602 g/mol. The largest absolute Gasteiger partial charge is 0.496 e. The molecule has 1 aliphatic heterocycles. The second kappa shape index (κ2) is 11.1. The van der Waals surface area contributed by atoms with Crippen LogP contribution in [0.15, 0.2) is 84.5 Å². The van der Waals surface area contributed by atoms with Gasteiger partial charge < -0.3 is 13.9 Å². The van der Waals surface area contributed by atoms with E-state index in [1.54, 1.807) is 69.5 Å². The summed E-state index contributed by atoms with van der Waals surface area (Å²) in [5.41, 5.74) is 1.52. The molecular formula is C28H22BrN3O7S. The van der Waals surface area contributed by atoms with Crippen LogP contribution in [0.25, 0.3) is 17.4 Å². The topological polar surface area (TPSA) is 126 Å². The molecule has 0 unspecified atom stereocenters. The van der Waals surface area contributed by atoms with Gasteiger partial charge in [-0.2, -0.15) is 0 Å². The fourth-order valence-electron chi connectivity index (χ4n) is 4.45. The molecule has 1 aliphatic rings. The SMILES string of the molecule is CCOC(=O)C1=C(C)N=c2s/c(=C/c3ccc(-c4cccc([N+](=O)[O-])c4)o3)c(=O)n2[C@H]1c1ccc(OC)c(Br)c1. The molecule has 40 heavy (non-hydrogen) atoms. The molecule has 0 radical (unpaired) electrons. The molecule has 0 N–H and O–H groups in total. The fraction of sp³-hybridized carbons (Fsp3) is 0.179. The van der Waals surface area contributed by atoms with E-state index in [0.717, 1.165) is 0 Å². The first-order valence-electron chi connectivity index (χ1n) is 12.1. The Labute approximate surface area is 239 Å². The molecule has 2 aromatic carbocycles.